The summed E-state index contributed by atoms with van der Waals surface area (Å²) in [4.78, 5) is 17.0. The van der Waals surface area contributed by atoms with Crippen molar-refractivity contribution in [3.05, 3.63) is 76.2 Å². The van der Waals surface area contributed by atoms with Gasteiger partial charge in [-0.3, -0.25) is 9.20 Å². The van der Waals surface area contributed by atoms with Crippen molar-refractivity contribution < 1.29 is 41.3 Å². The number of hydrogen-bond acceptors (Lipinski definition) is 9. The lowest BCUT2D eigenvalue weighted by Gasteiger charge is -2.38. The van der Waals surface area contributed by atoms with Gasteiger partial charge in [-0.05, 0) is 67.6 Å². The molecule has 2 aliphatic heterocycles. The number of methoxy groups -OCH3 is 1. The summed E-state index contributed by atoms with van der Waals surface area (Å²) in [6, 6.07) is 10.0. The van der Waals surface area contributed by atoms with Crippen molar-refractivity contribution in [2.24, 2.45) is 5.41 Å². The summed E-state index contributed by atoms with van der Waals surface area (Å²) in [5.74, 6) is -2.15. The van der Waals surface area contributed by atoms with E-state index >= 15 is 0 Å². The molecule has 1 atom stereocenters. The van der Waals surface area contributed by atoms with Crippen molar-refractivity contribution in [3.8, 4) is 11.8 Å². The molecule has 1 aromatic carbocycles. The highest BCUT2D eigenvalue weighted by Gasteiger charge is 2.46. The number of fused-ring (bicyclic) bond motifs is 2. The Kier molecular flexibility index (Phi) is 8.67. The number of carboxylic acids is 1. The van der Waals surface area contributed by atoms with Crippen LogP contribution >= 0.6 is 0 Å². The Labute approximate surface area is 276 Å². The topological polar surface area (TPSA) is 145 Å². The van der Waals surface area contributed by atoms with E-state index in [1.54, 1.807) is 26.8 Å². The van der Waals surface area contributed by atoms with Gasteiger partial charge in [0.15, 0.2) is 5.65 Å². The van der Waals surface area contributed by atoms with Crippen molar-refractivity contribution in [2.75, 3.05) is 26.9 Å². The van der Waals surface area contributed by atoms with Gasteiger partial charge < -0.3 is 19.3 Å². The van der Waals surface area contributed by atoms with Gasteiger partial charge in [0.25, 0.3) is 6.43 Å². The van der Waals surface area contributed by atoms with Crippen LogP contribution in [0.5, 0.6) is 11.8 Å². The lowest BCUT2D eigenvalue weighted by Crippen LogP contribution is -2.50. The number of benzene rings is 1. The summed E-state index contributed by atoms with van der Waals surface area (Å²) in [6.07, 6.45) is -0.523. The van der Waals surface area contributed by atoms with E-state index in [0.29, 0.717) is 48.3 Å². The molecule has 1 saturated heterocycles. The minimum Gasteiger partial charge on any atom is -0.481 e. The maximum Gasteiger partial charge on any atom is 0.310 e. The molecule has 12 nitrogen and oxygen atoms in total. The molecule has 1 fully saturated rings. The number of pyridine rings is 2. The van der Waals surface area contributed by atoms with Crippen LogP contribution in [0, 0.1) is 19.3 Å². The number of alkyl halides is 2. The van der Waals surface area contributed by atoms with Gasteiger partial charge in [-0.1, -0.05) is 18.2 Å². The van der Waals surface area contributed by atoms with Gasteiger partial charge in [0.2, 0.25) is 27.6 Å². The number of nitrogens with zero attached hydrogens (tertiary/aromatic N) is 5. The number of rotatable bonds is 8. The SMILES string of the molecule is COc1ccc2c(n1)OC1(CCOCC1)CN(Cc1cc([C@@H](c3ccn4c(C(F)F)nnc4c3C)C(C)(C)C(=O)O)ccc1C)S2(=O)=O. The quantitative estimate of drug-likeness (QED) is 0.267. The van der Waals surface area contributed by atoms with Crippen molar-refractivity contribution in [3.63, 3.8) is 0 Å². The molecule has 5 heterocycles. The number of ether oxygens (including phenoxy) is 3. The summed E-state index contributed by atoms with van der Waals surface area (Å²) in [7, 11) is -2.68. The van der Waals surface area contributed by atoms with Crippen LogP contribution < -0.4 is 9.47 Å². The second kappa shape index (κ2) is 12.3. The average molecular weight is 686 g/mol. The standard InChI is InChI=1S/C33H37F2N5O7S/c1-19-6-7-21(26(32(3,4)31(41)42)23-10-13-40-28(20(23)2)37-38-29(40)27(34)35)16-22(19)17-39-18-33(11-14-46-15-12-33)47-30-24(48(39,43)44)8-9-25(36-30)45-5/h6-10,13,16,26-27H,11-12,14-15,17-18H2,1-5H3,(H,41,42)/t26-/m0/s1. The maximum absolute atomic E-state index is 14.3. The molecule has 0 radical (unpaired) electrons. The van der Waals surface area contributed by atoms with E-state index in [1.165, 1.54) is 34.1 Å². The Morgan fingerprint density at radius 1 is 1.12 bits per heavy atom. The molecule has 2 aliphatic rings. The van der Waals surface area contributed by atoms with Crippen LogP contribution in [0.1, 0.15) is 72.7 Å². The van der Waals surface area contributed by atoms with E-state index in [9.17, 15) is 27.1 Å². The molecule has 0 saturated carbocycles. The molecule has 1 N–H and O–H groups in total. The number of aryl methyl sites for hydroxylation is 2. The molecule has 4 aromatic rings. The predicted octanol–water partition coefficient (Wildman–Crippen LogP) is 5.06. The van der Waals surface area contributed by atoms with Crippen molar-refractivity contribution in [2.45, 2.75) is 69.9 Å². The third-order valence-corrected chi connectivity index (χ3v) is 11.3. The summed E-state index contributed by atoms with van der Waals surface area (Å²) in [6.45, 7) is 7.56. The Morgan fingerprint density at radius 3 is 2.52 bits per heavy atom. The predicted molar refractivity (Wildman–Crippen MR) is 169 cm³/mol. The van der Waals surface area contributed by atoms with Gasteiger partial charge in [-0.2, -0.15) is 9.29 Å². The number of aliphatic carboxylic acids is 1. The molecule has 3 aromatic heterocycles. The normalized spacial score (nSPS) is 18.3. The first-order valence-electron chi connectivity index (χ1n) is 15.5. The van der Waals surface area contributed by atoms with Gasteiger partial charge in [-0.25, -0.2) is 17.2 Å². The number of aromatic nitrogens is 4. The highest BCUT2D eigenvalue weighted by molar-refractivity contribution is 7.89. The van der Waals surface area contributed by atoms with Crippen molar-refractivity contribution in [1.82, 2.24) is 23.9 Å². The van der Waals surface area contributed by atoms with Crippen LogP contribution in [0.3, 0.4) is 0 Å². The Morgan fingerprint density at radius 2 is 1.85 bits per heavy atom. The van der Waals surface area contributed by atoms with Crippen LogP contribution in [0.25, 0.3) is 5.65 Å². The first-order chi connectivity index (χ1) is 22.7. The van der Waals surface area contributed by atoms with Gasteiger partial charge in [0.1, 0.15) is 10.5 Å². The Hall–Kier alpha value is -4.21. The molecule has 15 heteroatoms. The van der Waals surface area contributed by atoms with Gasteiger partial charge >= 0.3 is 5.97 Å². The monoisotopic (exact) mass is 685 g/mol. The molecular formula is C33H37F2N5O7S. The molecule has 0 bridgehead atoms. The summed E-state index contributed by atoms with van der Waals surface area (Å²) < 4.78 is 75.6. The lowest BCUT2D eigenvalue weighted by atomic mass is 9.70. The summed E-state index contributed by atoms with van der Waals surface area (Å²) in [5.41, 5.74) is 1.08. The highest BCUT2D eigenvalue weighted by Crippen LogP contribution is 2.44. The van der Waals surface area contributed by atoms with Crippen LogP contribution in [0.4, 0.5) is 8.78 Å². The molecule has 1 spiro atoms. The first-order valence-corrected chi connectivity index (χ1v) is 16.9. The lowest BCUT2D eigenvalue weighted by molar-refractivity contribution is -0.147. The molecule has 48 heavy (non-hydrogen) atoms. The number of carbonyl (C=O) groups is 1. The number of carboxylic acid groups (broad SMARTS) is 1. The van der Waals surface area contributed by atoms with Crippen LogP contribution in [-0.4, -0.2) is 75.9 Å². The number of halogens is 2. The second-order valence-electron chi connectivity index (χ2n) is 12.9. The molecule has 0 unspecified atom stereocenters. The fraction of sp³-hybridized carbons (Fsp3) is 0.455. The first kappa shape index (κ1) is 33.7. The zero-order chi connectivity index (χ0) is 34.6. The van der Waals surface area contributed by atoms with E-state index < -0.39 is 45.2 Å². The van der Waals surface area contributed by atoms with Gasteiger partial charge in [0, 0.05) is 37.6 Å². The van der Waals surface area contributed by atoms with Crippen LogP contribution in [-0.2, 0) is 26.1 Å². The number of sulfonamides is 1. The van der Waals surface area contributed by atoms with E-state index in [-0.39, 0.29) is 35.4 Å². The fourth-order valence-electron chi connectivity index (χ4n) is 6.64. The second-order valence-corrected chi connectivity index (χ2v) is 14.8. The van der Waals surface area contributed by atoms with Crippen molar-refractivity contribution >= 4 is 21.6 Å². The van der Waals surface area contributed by atoms with Gasteiger partial charge in [0.05, 0.1) is 32.3 Å². The Balaban J connectivity index is 1.46. The fourth-order valence-corrected chi connectivity index (χ4v) is 8.18. The summed E-state index contributed by atoms with van der Waals surface area (Å²) in [5, 5.41) is 18.1. The molecule has 0 amide bonds. The van der Waals surface area contributed by atoms with E-state index in [0.717, 1.165) is 5.56 Å². The molecule has 0 aliphatic carbocycles. The average Bonchev–Trinajstić information content (AvgIpc) is 3.46. The largest absolute Gasteiger partial charge is 0.481 e. The van der Waals surface area contributed by atoms with E-state index in [4.69, 9.17) is 14.2 Å². The highest BCUT2D eigenvalue weighted by atomic mass is 32.2. The maximum atomic E-state index is 14.3. The van der Waals surface area contributed by atoms with Crippen molar-refractivity contribution in [1.29, 1.82) is 0 Å². The molecular weight excluding hydrogens is 648 g/mol. The zero-order valence-corrected chi connectivity index (χ0v) is 28.1. The minimum absolute atomic E-state index is 0.0261. The smallest absolute Gasteiger partial charge is 0.310 e. The minimum atomic E-state index is -4.12. The number of hydrogen-bond donors (Lipinski definition) is 1. The molecule has 256 valence electrons. The van der Waals surface area contributed by atoms with Gasteiger partial charge in [-0.15, -0.1) is 10.2 Å². The third-order valence-electron chi connectivity index (χ3n) is 9.53. The van der Waals surface area contributed by atoms with Crippen LogP contribution in [0.15, 0.2) is 47.5 Å². The van der Waals surface area contributed by atoms with Crippen LogP contribution in [0.2, 0.25) is 0 Å². The summed E-state index contributed by atoms with van der Waals surface area (Å²) >= 11 is 0. The third kappa shape index (κ3) is 5.77. The van der Waals surface area contributed by atoms with E-state index in [2.05, 4.69) is 15.2 Å². The van der Waals surface area contributed by atoms with E-state index in [1.807, 2.05) is 25.1 Å². The molecule has 6 rings (SSSR count). The zero-order valence-electron chi connectivity index (χ0n) is 27.2. The Bertz CT molecular complexity index is 1990.